The first-order chi connectivity index (χ1) is 17.9. The summed E-state index contributed by atoms with van der Waals surface area (Å²) in [7, 11) is 2.88. The Morgan fingerprint density at radius 3 is 2.26 bits per heavy atom. The predicted octanol–water partition coefficient (Wildman–Crippen LogP) is 7.38. The van der Waals surface area contributed by atoms with Crippen molar-refractivity contribution in [1.82, 2.24) is 9.55 Å². The van der Waals surface area contributed by atoms with Crippen LogP contribution >= 0.6 is 0 Å². The fourth-order valence-electron chi connectivity index (χ4n) is 4.60. The summed E-state index contributed by atoms with van der Waals surface area (Å²) in [6.45, 7) is 1.67. The quantitative estimate of drug-likeness (QED) is 0.139. The van der Waals surface area contributed by atoms with Crippen LogP contribution < -0.4 is 4.74 Å². The van der Waals surface area contributed by atoms with Crippen LogP contribution in [0.15, 0.2) is 54.6 Å². The molecule has 0 N–H and O–H groups in total. The second kappa shape index (κ2) is 8.90. The SMILES string of the molecule is COc1c(-c2cccc3cc(C(=O)c4cc(F)c(F)c(F)c4)ccc23)c(C(F)(F)F)cc2c1nc(C)n2C. The molecule has 0 bridgehead atoms. The molecule has 0 radical (unpaired) electrons. The van der Waals surface area contributed by atoms with Crippen molar-refractivity contribution in [2.45, 2.75) is 13.1 Å². The molecule has 0 atom stereocenters. The van der Waals surface area contributed by atoms with Crippen molar-refractivity contribution in [1.29, 1.82) is 0 Å². The van der Waals surface area contributed by atoms with Gasteiger partial charge in [-0.1, -0.05) is 30.3 Å². The molecule has 0 unspecified atom stereocenters. The molecule has 0 amide bonds. The van der Waals surface area contributed by atoms with E-state index in [9.17, 15) is 31.1 Å². The standard InChI is InChI=1S/C28H18F6N2O2/c1-13-35-25-22(36(13)2)12-19(28(32,33)34)23(27(25)38-3)18-6-4-5-14-9-15(7-8-17(14)18)26(37)16-10-20(29)24(31)21(30)11-16/h4-12H,1-3H3. The number of ketones is 1. The maximum absolute atomic E-state index is 14.4. The number of rotatable bonds is 4. The highest BCUT2D eigenvalue weighted by molar-refractivity contribution is 6.12. The number of aromatic nitrogens is 2. The number of alkyl halides is 3. The van der Waals surface area contributed by atoms with Crippen molar-refractivity contribution in [2.75, 3.05) is 7.11 Å². The van der Waals surface area contributed by atoms with E-state index in [2.05, 4.69) is 4.98 Å². The number of ether oxygens (including phenoxy) is 1. The first-order valence-corrected chi connectivity index (χ1v) is 11.3. The Morgan fingerprint density at radius 1 is 0.947 bits per heavy atom. The van der Waals surface area contributed by atoms with E-state index >= 15 is 0 Å². The van der Waals surface area contributed by atoms with Crippen LogP contribution in [0, 0.1) is 24.4 Å². The molecule has 38 heavy (non-hydrogen) atoms. The minimum atomic E-state index is -4.73. The highest BCUT2D eigenvalue weighted by Crippen LogP contribution is 2.47. The lowest BCUT2D eigenvalue weighted by Crippen LogP contribution is -2.09. The van der Waals surface area contributed by atoms with Crippen molar-refractivity contribution in [3.8, 4) is 16.9 Å². The zero-order valence-corrected chi connectivity index (χ0v) is 20.2. The topological polar surface area (TPSA) is 44.1 Å². The molecule has 4 nitrogen and oxygen atoms in total. The van der Waals surface area contributed by atoms with Crippen molar-refractivity contribution in [3.63, 3.8) is 0 Å². The van der Waals surface area contributed by atoms with E-state index in [0.29, 0.717) is 28.7 Å². The van der Waals surface area contributed by atoms with Crippen LogP contribution in [-0.2, 0) is 13.2 Å². The van der Waals surface area contributed by atoms with Gasteiger partial charge in [-0.25, -0.2) is 18.2 Å². The molecule has 194 valence electrons. The van der Waals surface area contributed by atoms with Crippen molar-refractivity contribution in [3.05, 3.63) is 94.6 Å². The molecule has 4 aromatic carbocycles. The third kappa shape index (κ3) is 3.96. The summed E-state index contributed by atoms with van der Waals surface area (Å²) >= 11 is 0. The highest BCUT2D eigenvalue weighted by atomic mass is 19.4. The second-order valence-electron chi connectivity index (χ2n) is 8.74. The average molecular weight is 528 g/mol. The molecule has 5 aromatic rings. The number of aryl methyl sites for hydroxylation is 2. The van der Waals surface area contributed by atoms with Gasteiger partial charge >= 0.3 is 6.18 Å². The number of carbonyl (C=O) groups is 1. The van der Waals surface area contributed by atoms with Crippen LogP contribution in [0.1, 0.15) is 27.3 Å². The van der Waals surface area contributed by atoms with Gasteiger partial charge < -0.3 is 9.30 Å². The summed E-state index contributed by atoms with van der Waals surface area (Å²) in [5, 5.41) is 0.764. The molecule has 0 aliphatic carbocycles. The Kier molecular flexibility index (Phi) is 5.93. The monoisotopic (exact) mass is 528 g/mol. The summed E-state index contributed by atoms with van der Waals surface area (Å²) in [6, 6.07) is 11.0. The highest BCUT2D eigenvalue weighted by Gasteiger charge is 2.37. The predicted molar refractivity (Wildman–Crippen MR) is 130 cm³/mol. The van der Waals surface area contributed by atoms with Gasteiger partial charge in [-0.3, -0.25) is 4.79 Å². The number of hydrogen-bond donors (Lipinski definition) is 0. The largest absolute Gasteiger partial charge is 0.494 e. The number of methoxy groups -OCH3 is 1. The Labute approximate surface area is 212 Å². The summed E-state index contributed by atoms with van der Waals surface area (Å²) in [4.78, 5) is 17.3. The Morgan fingerprint density at radius 2 is 1.63 bits per heavy atom. The maximum atomic E-state index is 14.4. The van der Waals surface area contributed by atoms with Gasteiger partial charge in [0.1, 0.15) is 11.3 Å². The lowest BCUT2D eigenvalue weighted by molar-refractivity contribution is -0.137. The van der Waals surface area contributed by atoms with Crippen molar-refractivity contribution < 1.29 is 35.9 Å². The molecular weight excluding hydrogens is 510 g/mol. The number of carbonyl (C=O) groups excluding carboxylic acids is 1. The van der Waals surface area contributed by atoms with Gasteiger partial charge in [0, 0.05) is 23.7 Å². The normalized spacial score (nSPS) is 11.9. The van der Waals surface area contributed by atoms with E-state index in [-0.39, 0.29) is 33.5 Å². The van der Waals surface area contributed by atoms with E-state index in [1.165, 1.54) is 37.4 Å². The first-order valence-electron chi connectivity index (χ1n) is 11.3. The number of hydrogen-bond acceptors (Lipinski definition) is 3. The number of halogens is 6. The first kappa shape index (κ1) is 25.3. The van der Waals surface area contributed by atoms with Gasteiger partial charge in [-0.2, -0.15) is 13.2 Å². The lowest BCUT2D eigenvalue weighted by atomic mass is 9.91. The summed E-state index contributed by atoms with van der Waals surface area (Å²) in [5.41, 5.74) is -0.822. The van der Waals surface area contributed by atoms with Crippen LogP contribution in [0.3, 0.4) is 0 Å². The van der Waals surface area contributed by atoms with E-state index in [1.54, 1.807) is 24.6 Å². The van der Waals surface area contributed by atoms with E-state index in [4.69, 9.17) is 4.74 Å². The maximum Gasteiger partial charge on any atom is 0.417 e. The van der Waals surface area contributed by atoms with E-state index in [0.717, 1.165) is 6.07 Å². The lowest BCUT2D eigenvalue weighted by Gasteiger charge is -2.19. The molecule has 0 saturated carbocycles. The zero-order valence-electron chi connectivity index (χ0n) is 20.2. The number of imidazole rings is 1. The van der Waals surface area contributed by atoms with Crippen molar-refractivity contribution >= 4 is 27.6 Å². The van der Waals surface area contributed by atoms with Crippen LogP contribution in [0.2, 0.25) is 0 Å². The molecule has 1 heterocycles. The summed E-state index contributed by atoms with van der Waals surface area (Å²) < 4.78 is 90.8. The molecule has 1 aromatic heterocycles. The minimum Gasteiger partial charge on any atom is -0.494 e. The van der Waals surface area contributed by atoms with Gasteiger partial charge in [0.15, 0.2) is 29.0 Å². The van der Waals surface area contributed by atoms with Gasteiger partial charge in [-0.05, 0) is 47.5 Å². The fraction of sp³-hybridized carbons (Fsp3) is 0.143. The van der Waals surface area contributed by atoms with Crippen molar-refractivity contribution in [2.24, 2.45) is 7.05 Å². The van der Waals surface area contributed by atoms with Gasteiger partial charge in [0.05, 0.1) is 18.2 Å². The molecule has 5 rings (SSSR count). The van der Waals surface area contributed by atoms with Gasteiger partial charge in [0.25, 0.3) is 0 Å². The Bertz CT molecular complexity index is 1750. The smallest absolute Gasteiger partial charge is 0.417 e. The van der Waals surface area contributed by atoms with Crippen LogP contribution in [0.5, 0.6) is 5.75 Å². The van der Waals surface area contributed by atoms with Crippen LogP contribution in [0.4, 0.5) is 26.3 Å². The second-order valence-corrected chi connectivity index (χ2v) is 8.74. The van der Waals surface area contributed by atoms with Gasteiger partial charge in [-0.15, -0.1) is 0 Å². The molecule has 0 spiro atoms. The number of benzene rings is 4. The molecule has 0 fully saturated rings. The summed E-state index contributed by atoms with van der Waals surface area (Å²) in [5.74, 6) is -5.05. The average Bonchev–Trinajstić information content (AvgIpc) is 3.17. The molecular formula is C28H18F6N2O2. The Balaban J connectivity index is 1.74. The summed E-state index contributed by atoms with van der Waals surface area (Å²) in [6.07, 6.45) is -4.73. The Hall–Kier alpha value is -4.34. The molecule has 0 saturated heterocycles. The molecule has 0 aliphatic rings. The van der Waals surface area contributed by atoms with Crippen LogP contribution in [-0.4, -0.2) is 22.4 Å². The zero-order chi connectivity index (χ0) is 27.5. The number of fused-ring (bicyclic) bond motifs is 2. The third-order valence-corrected chi connectivity index (χ3v) is 6.52. The molecule has 10 heteroatoms. The minimum absolute atomic E-state index is 0.0128. The molecule has 0 aliphatic heterocycles. The third-order valence-electron chi connectivity index (χ3n) is 6.52. The fourth-order valence-corrected chi connectivity index (χ4v) is 4.60. The van der Waals surface area contributed by atoms with E-state index in [1.807, 2.05) is 0 Å². The van der Waals surface area contributed by atoms with E-state index < -0.39 is 40.5 Å². The number of nitrogens with zero attached hydrogens (tertiary/aromatic N) is 2. The van der Waals surface area contributed by atoms with Gasteiger partial charge in [0.2, 0.25) is 0 Å². The van der Waals surface area contributed by atoms with Crippen LogP contribution in [0.25, 0.3) is 32.9 Å².